The zero-order valence-electron chi connectivity index (χ0n) is 12.0. The molecule has 112 valence electrons. The highest BCUT2D eigenvalue weighted by Crippen LogP contribution is 2.33. The molecule has 0 aliphatic carbocycles. The van der Waals surface area contributed by atoms with Crippen LogP contribution in [0.2, 0.25) is 0 Å². The average molecular weight is 304 g/mol. The zero-order valence-corrected chi connectivity index (χ0v) is 12.8. The van der Waals surface area contributed by atoms with Crippen LogP contribution >= 0.6 is 11.8 Å². The summed E-state index contributed by atoms with van der Waals surface area (Å²) in [6.45, 7) is 2.09. The number of benzene rings is 1. The Hall–Kier alpha value is -1.49. The molecule has 5 heteroatoms. The largest absolute Gasteiger partial charge is 0.355 e. The molecule has 0 radical (unpaired) electrons. The van der Waals surface area contributed by atoms with Crippen molar-refractivity contribution in [3.8, 4) is 0 Å². The highest BCUT2D eigenvalue weighted by atomic mass is 32.2. The first-order valence-corrected chi connectivity index (χ1v) is 8.51. The Kier molecular flexibility index (Phi) is 4.48. The van der Waals surface area contributed by atoms with E-state index < -0.39 is 0 Å². The van der Waals surface area contributed by atoms with Gasteiger partial charge in [0.05, 0.1) is 5.92 Å². The molecule has 0 saturated carbocycles. The standard InChI is InChI=1S/C16H20N2O2S/c19-15-7-6-13(10-17-15)16(20)18-8-9-21-14(11-18)12-4-2-1-3-5-12/h1-5,13-14H,6-11H2,(H,17,19)/t13-,14-/m0/s1. The number of thioether (sulfide) groups is 1. The van der Waals surface area contributed by atoms with Crippen LogP contribution in [0.5, 0.6) is 0 Å². The fourth-order valence-electron chi connectivity index (χ4n) is 2.92. The van der Waals surface area contributed by atoms with Crippen LogP contribution in [0.3, 0.4) is 0 Å². The van der Waals surface area contributed by atoms with Gasteiger partial charge in [0, 0.05) is 37.1 Å². The van der Waals surface area contributed by atoms with E-state index in [0.29, 0.717) is 24.6 Å². The smallest absolute Gasteiger partial charge is 0.227 e. The number of carbonyl (C=O) groups excluding carboxylic acids is 2. The third-order valence-electron chi connectivity index (χ3n) is 4.16. The van der Waals surface area contributed by atoms with Crippen molar-refractivity contribution in [2.24, 2.45) is 5.92 Å². The highest BCUT2D eigenvalue weighted by Gasteiger charge is 2.31. The van der Waals surface area contributed by atoms with Gasteiger partial charge in [-0.25, -0.2) is 0 Å². The molecule has 2 fully saturated rings. The van der Waals surface area contributed by atoms with Crippen molar-refractivity contribution in [2.75, 3.05) is 25.4 Å². The van der Waals surface area contributed by atoms with E-state index in [-0.39, 0.29) is 17.7 Å². The van der Waals surface area contributed by atoms with Gasteiger partial charge in [0.15, 0.2) is 0 Å². The minimum absolute atomic E-state index is 0.0396. The summed E-state index contributed by atoms with van der Waals surface area (Å²) in [6.07, 6.45) is 1.16. The van der Waals surface area contributed by atoms with E-state index in [0.717, 1.165) is 18.8 Å². The van der Waals surface area contributed by atoms with Crippen LogP contribution in [0, 0.1) is 5.92 Å². The van der Waals surface area contributed by atoms with Crippen molar-refractivity contribution in [2.45, 2.75) is 18.1 Å². The minimum atomic E-state index is -0.0396. The Balaban J connectivity index is 1.63. The first kappa shape index (κ1) is 14.4. The summed E-state index contributed by atoms with van der Waals surface area (Å²) in [4.78, 5) is 25.8. The molecule has 1 N–H and O–H groups in total. The van der Waals surface area contributed by atoms with Crippen LogP contribution in [0.1, 0.15) is 23.7 Å². The summed E-state index contributed by atoms with van der Waals surface area (Å²) in [5.74, 6) is 1.21. The second-order valence-electron chi connectivity index (χ2n) is 5.59. The highest BCUT2D eigenvalue weighted by molar-refractivity contribution is 7.99. The van der Waals surface area contributed by atoms with Crippen LogP contribution in [0.4, 0.5) is 0 Å². The van der Waals surface area contributed by atoms with E-state index in [2.05, 4.69) is 17.4 Å². The van der Waals surface area contributed by atoms with Gasteiger partial charge in [-0.05, 0) is 12.0 Å². The lowest BCUT2D eigenvalue weighted by atomic mass is 9.97. The Morgan fingerprint density at radius 3 is 2.81 bits per heavy atom. The van der Waals surface area contributed by atoms with Gasteiger partial charge in [0.2, 0.25) is 11.8 Å². The summed E-state index contributed by atoms with van der Waals surface area (Å²) in [5.41, 5.74) is 1.29. The Morgan fingerprint density at radius 2 is 2.10 bits per heavy atom. The molecule has 0 unspecified atom stereocenters. The third-order valence-corrected chi connectivity index (χ3v) is 5.41. The molecule has 21 heavy (non-hydrogen) atoms. The average Bonchev–Trinajstić information content (AvgIpc) is 2.56. The first-order chi connectivity index (χ1) is 10.2. The lowest BCUT2D eigenvalue weighted by Gasteiger charge is -2.35. The topological polar surface area (TPSA) is 49.4 Å². The maximum Gasteiger partial charge on any atom is 0.227 e. The van der Waals surface area contributed by atoms with Gasteiger partial charge in [-0.2, -0.15) is 11.8 Å². The van der Waals surface area contributed by atoms with Gasteiger partial charge in [-0.1, -0.05) is 30.3 Å². The summed E-state index contributed by atoms with van der Waals surface area (Å²) < 4.78 is 0. The van der Waals surface area contributed by atoms with Crippen LogP contribution in [0.25, 0.3) is 0 Å². The molecular formula is C16H20N2O2S. The fraction of sp³-hybridized carbons (Fsp3) is 0.500. The van der Waals surface area contributed by atoms with Gasteiger partial charge >= 0.3 is 0 Å². The van der Waals surface area contributed by atoms with E-state index in [4.69, 9.17) is 0 Å². The Morgan fingerprint density at radius 1 is 1.29 bits per heavy atom. The van der Waals surface area contributed by atoms with E-state index in [1.54, 1.807) is 0 Å². The zero-order chi connectivity index (χ0) is 14.7. The summed E-state index contributed by atoms with van der Waals surface area (Å²) in [7, 11) is 0. The van der Waals surface area contributed by atoms with E-state index >= 15 is 0 Å². The second-order valence-corrected chi connectivity index (χ2v) is 6.90. The van der Waals surface area contributed by atoms with Crippen molar-refractivity contribution < 1.29 is 9.59 Å². The van der Waals surface area contributed by atoms with Gasteiger partial charge in [0.1, 0.15) is 0 Å². The molecule has 0 spiro atoms. The number of nitrogens with zero attached hydrogens (tertiary/aromatic N) is 1. The number of amides is 2. The minimum Gasteiger partial charge on any atom is -0.355 e. The number of hydrogen-bond donors (Lipinski definition) is 1. The van der Waals surface area contributed by atoms with Crippen molar-refractivity contribution >= 4 is 23.6 Å². The summed E-state index contributed by atoms with van der Waals surface area (Å²) in [6, 6.07) is 10.4. The quantitative estimate of drug-likeness (QED) is 0.907. The molecule has 2 aliphatic heterocycles. The molecule has 2 amide bonds. The number of carbonyl (C=O) groups is 2. The van der Waals surface area contributed by atoms with Gasteiger partial charge in [-0.15, -0.1) is 0 Å². The van der Waals surface area contributed by atoms with E-state index in [1.165, 1.54) is 5.56 Å². The monoisotopic (exact) mass is 304 g/mol. The summed E-state index contributed by atoms with van der Waals surface area (Å²) in [5, 5.41) is 3.17. The molecule has 2 aliphatic rings. The van der Waals surface area contributed by atoms with Crippen LogP contribution in [-0.4, -0.2) is 42.1 Å². The van der Waals surface area contributed by atoms with Crippen molar-refractivity contribution in [3.63, 3.8) is 0 Å². The van der Waals surface area contributed by atoms with E-state index in [1.807, 2.05) is 34.9 Å². The molecule has 2 atom stereocenters. The summed E-state index contributed by atoms with van der Waals surface area (Å²) >= 11 is 1.92. The lowest BCUT2D eigenvalue weighted by molar-refractivity contribution is -0.137. The Bertz CT molecular complexity index is 510. The van der Waals surface area contributed by atoms with Crippen molar-refractivity contribution in [1.29, 1.82) is 0 Å². The van der Waals surface area contributed by atoms with Crippen LogP contribution in [0.15, 0.2) is 30.3 Å². The first-order valence-electron chi connectivity index (χ1n) is 7.46. The molecule has 1 aromatic rings. The Labute approximate surface area is 129 Å². The molecular weight excluding hydrogens is 284 g/mol. The second kappa shape index (κ2) is 6.52. The molecule has 4 nitrogen and oxygen atoms in total. The number of rotatable bonds is 2. The number of piperidine rings is 1. The molecule has 2 heterocycles. The fourth-order valence-corrected chi connectivity index (χ4v) is 4.17. The number of hydrogen-bond acceptors (Lipinski definition) is 3. The predicted octanol–water partition coefficient (Wildman–Crippen LogP) is 1.83. The van der Waals surface area contributed by atoms with Gasteiger partial charge < -0.3 is 10.2 Å². The lowest BCUT2D eigenvalue weighted by Crippen LogP contribution is -2.47. The molecule has 3 rings (SSSR count). The van der Waals surface area contributed by atoms with Gasteiger partial charge in [-0.3, -0.25) is 9.59 Å². The van der Waals surface area contributed by atoms with Crippen LogP contribution < -0.4 is 5.32 Å². The third kappa shape index (κ3) is 3.40. The maximum absolute atomic E-state index is 12.6. The predicted molar refractivity (Wildman–Crippen MR) is 84.0 cm³/mol. The molecule has 2 saturated heterocycles. The van der Waals surface area contributed by atoms with Gasteiger partial charge in [0.25, 0.3) is 0 Å². The van der Waals surface area contributed by atoms with Crippen molar-refractivity contribution in [1.82, 2.24) is 10.2 Å². The molecule has 1 aromatic carbocycles. The number of nitrogens with one attached hydrogen (secondary N) is 1. The normalized spacial score (nSPS) is 26.3. The molecule has 0 aromatic heterocycles. The van der Waals surface area contributed by atoms with Crippen molar-refractivity contribution in [3.05, 3.63) is 35.9 Å². The van der Waals surface area contributed by atoms with Crippen LogP contribution in [-0.2, 0) is 9.59 Å². The molecule has 0 bridgehead atoms. The SMILES string of the molecule is O=C1CC[C@H](C(=O)N2CCS[C@H](c3ccccc3)C2)CN1. The van der Waals surface area contributed by atoms with E-state index in [9.17, 15) is 9.59 Å². The maximum atomic E-state index is 12.6.